The van der Waals surface area contributed by atoms with Crippen molar-refractivity contribution in [2.24, 2.45) is 5.73 Å². The van der Waals surface area contributed by atoms with E-state index >= 15 is 0 Å². The Morgan fingerprint density at radius 3 is 2.72 bits per heavy atom. The quantitative estimate of drug-likeness (QED) is 0.576. The predicted octanol–water partition coefficient (Wildman–Crippen LogP) is 5.39. The first-order valence-electron chi connectivity index (χ1n) is 9.66. The number of aromatic nitrogens is 1. The minimum atomic E-state index is -0.604. The molecule has 6 heteroatoms. The van der Waals surface area contributed by atoms with Crippen LogP contribution in [0.3, 0.4) is 0 Å². The van der Waals surface area contributed by atoms with Crippen molar-refractivity contribution < 1.29 is 9.53 Å². The van der Waals surface area contributed by atoms with Crippen molar-refractivity contribution in [2.45, 2.75) is 45.4 Å². The van der Waals surface area contributed by atoms with Gasteiger partial charge in [0.15, 0.2) is 0 Å². The number of carbonyl (C=O) groups is 1. The summed E-state index contributed by atoms with van der Waals surface area (Å²) in [7, 11) is 0. The second-order valence-electron chi connectivity index (χ2n) is 8.30. The normalized spacial score (nSPS) is 16.2. The molecule has 5 nitrogen and oxygen atoms in total. The molecule has 0 radical (unpaired) electrons. The maximum absolute atomic E-state index is 13.2. The van der Waals surface area contributed by atoms with Crippen LogP contribution >= 0.6 is 11.6 Å². The molecular formula is C23H24ClN3O2. The number of rotatable bonds is 2. The largest absolute Gasteiger partial charge is 0.443 e. The Hall–Kier alpha value is -2.63. The number of nitrogens with zero attached hydrogens (tertiary/aromatic N) is 2. The maximum Gasteiger partial charge on any atom is 0.415 e. The number of benzene rings is 2. The molecule has 4 rings (SSSR count). The molecule has 2 aromatic carbocycles. The number of hydrogen-bond acceptors (Lipinski definition) is 4. The Balaban J connectivity index is 1.82. The standard InChI is InChI=1S/C23H24ClN3O2/c1-23(2,3)29-22(28)27-19-9-8-14(13-25)10-16(19)12-20(27)17-11-15-6-4-5-7-18(15)26-21(17)24/h4-11,20H,12-13,25H2,1-3H3. The van der Waals surface area contributed by atoms with Gasteiger partial charge in [0.05, 0.1) is 17.2 Å². The third kappa shape index (κ3) is 3.80. The fourth-order valence-electron chi connectivity index (χ4n) is 3.76. The van der Waals surface area contributed by atoms with Crippen molar-refractivity contribution in [1.82, 2.24) is 4.98 Å². The van der Waals surface area contributed by atoms with Gasteiger partial charge in [0.25, 0.3) is 0 Å². The lowest BCUT2D eigenvalue weighted by molar-refractivity contribution is 0.0569. The van der Waals surface area contributed by atoms with Gasteiger partial charge >= 0.3 is 6.09 Å². The van der Waals surface area contributed by atoms with Crippen LogP contribution in [0.1, 0.15) is 43.5 Å². The van der Waals surface area contributed by atoms with Gasteiger partial charge in [-0.3, -0.25) is 4.90 Å². The third-order valence-corrected chi connectivity index (χ3v) is 5.32. The average molecular weight is 410 g/mol. The zero-order valence-corrected chi connectivity index (χ0v) is 17.5. The van der Waals surface area contributed by atoms with Crippen LogP contribution < -0.4 is 10.6 Å². The predicted molar refractivity (Wildman–Crippen MR) is 116 cm³/mol. The molecule has 1 atom stereocenters. The van der Waals surface area contributed by atoms with E-state index in [4.69, 9.17) is 22.1 Å². The van der Waals surface area contributed by atoms with Crippen LogP contribution in [-0.2, 0) is 17.7 Å². The highest BCUT2D eigenvalue weighted by molar-refractivity contribution is 6.30. The van der Waals surface area contributed by atoms with Gasteiger partial charge < -0.3 is 10.5 Å². The van der Waals surface area contributed by atoms with E-state index in [1.807, 2.05) is 63.2 Å². The number of fused-ring (bicyclic) bond motifs is 2. The van der Waals surface area contributed by atoms with Crippen LogP contribution in [0, 0.1) is 0 Å². The number of nitrogens with two attached hydrogens (primary N) is 1. The van der Waals surface area contributed by atoms with Gasteiger partial charge in [-0.2, -0.15) is 0 Å². The fraction of sp³-hybridized carbons (Fsp3) is 0.304. The number of pyridine rings is 1. The van der Waals surface area contributed by atoms with Gasteiger partial charge in [0, 0.05) is 17.5 Å². The number of hydrogen-bond donors (Lipinski definition) is 1. The van der Waals surface area contributed by atoms with Crippen molar-refractivity contribution in [2.75, 3.05) is 4.90 Å². The van der Waals surface area contributed by atoms with E-state index in [0.29, 0.717) is 18.1 Å². The molecule has 3 aromatic rings. The lowest BCUT2D eigenvalue weighted by Gasteiger charge is -2.29. The highest BCUT2D eigenvalue weighted by Crippen LogP contribution is 2.43. The molecule has 2 N–H and O–H groups in total. The highest BCUT2D eigenvalue weighted by Gasteiger charge is 2.38. The summed E-state index contributed by atoms with van der Waals surface area (Å²) in [5, 5.41) is 1.38. The fourth-order valence-corrected chi connectivity index (χ4v) is 4.03. The summed E-state index contributed by atoms with van der Waals surface area (Å²) in [6.45, 7) is 6.03. The van der Waals surface area contributed by atoms with Crippen LogP contribution in [0.25, 0.3) is 10.9 Å². The van der Waals surface area contributed by atoms with Gasteiger partial charge in [-0.25, -0.2) is 9.78 Å². The van der Waals surface area contributed by atoms with E-state index in [1.165, 1.54) is 0 Å². The van der Waals surface area contributed by atoms with Gasteiger partial charge in [-0.15, -0.1) is 0 Å². The molecule has 0 fully saturated rings. The number of amides is 1. The lowest BCUT2D eigenvalue weighted by Crippen LogP contribution is -2.37. The molecule has 0 saturated carbocycles. The van der Waals surface area contributed by atoms with E-state index in [0.717, 1.165) is 33.3 Å². The summed E-state index contributed by atoms with van der Waals surface area (Å²) in [5.41, 5.74) is 9.74. The molecule has 0 bridgehead atoms. The second-order valence-corrected chi connectivity index (χ2v) is 8.66. The molecular weight excluding hydrogens is 386 g/mol. The monoisotopic (exact) mass is 409 g/mol. The van der Waals surface area contributed by atoms with Crippen LogP contribution in [0.15, 0.2) is 48.5 Å². The molecule has 2 heterocycles. The number of ether oxygens (including phenoxy) is 1. The molecule has 1 aliphatic heterocycles. The number of anilines is 1. The Labute approximate surface area is 175 Å². The molecule has 150 valence electrons. The first-order valence-corrected chi connectivity index (χ1v) is 10.0. The molecule has 0 aliphatic carbocycles. The van der Waals surface area contributed by atoms with Gasteiger partial charge in [0.2, 0.25) is 0 Å². The van der Waals surface area contributed by atoms with Crippen molar-refractivity contribution in [3.63, 3.8) is 0 Å². The van der Waals surface area contributed by atoms with Crippen molar-refractivity contribution in [1.29, 1.82) is 0 Å². The van der Waals surface area contributed by atoms with Crippen molar-refractivity contribution in [3.8, 4) is 0 Å². The van der Waals surface area contributed by atoms with Crippen molar-refractivity contribution >= 4 is 34.3 Å². The maximum atomic E-state index is 13.2. The Morgan fingerprint density at radius 1 is 1.24 bits per heavy atom. The van der Waals surface area contributed by atoms with Gasteiger partial charge in [-0.1, -0.05) is 41.9 Å². The lowest BCUT2D eigenvalue weighted by atomic mass is 10.0. The van der Waals surface area contributed by atoms with E-state index in [-0.39, 0.29) is 6.04 Å². The van der Waals surface area contributed by atoms with Crippen LogP contribution in [0.4, 0.5) is 10.5 Å². The van der Waals surface area contributed by atoms with E-state index in [2.05, 4.69) is 11.1 Å². The zero-order chi connectivity index (χ0) is 20.8. The first kappa shape index (κ1) is 19.7. The van der Waals surface area contributed by atoms with Gasteiger partial charge in [-0.05, 0) is 56.5 Å². The molecule has 1 unspecified atom stereocenters. The van der Waals surface area contributed by atoms with Gasteiger partial charge in [0.1, 0.15) is 10.8 Å². The topological polar surface area (TPSA) is 68.5 Å². The summed E-state index contributed by atoms with van der Waals surface area (Å²) in [6.07, 6.45) is 0.230. The minimum Gasteiger partial charge on any atom is -0.443 e. The van der Waals surface area contributed by atoms with Crippen LogP contribution in [-0.4, -0.2) is 16.7 Å². The summed E-state index contributed by atoms with van der Waals surface area (Å²) in [6, 6.07) is 15.5. The minimum absolute atomic E-state index is 0.294. The Kier molecular flexibility index (Phi) is 4.97. The number of halogens is 1. The third-order valence-electron chi connectivity index (χ3n) is 5.02. The summed E-state index contributed by atoms with van der Waals surface area (Å²) in [4.78, 5) is 19.4. The average Bonchev–Trinajstić information content (AvgIpc) is 3.04. The van der Waals surface area contributed by atoms with E-state index in [9.17, 15) is 4.79 Å². The molecule has 1 aromatic heterocycles. The molecule has 0 spiro atoms. The van der Waals surface area contributed by atoms with Crippen LogP contribution in [0.2, 0.25) is 5.15 Å². The molecule has 0 saturated heterocycles. The Morgan fingerprint density at radius 2 is 2.00 bits per heavy atom. The number of carbonyl (C=O) groups excluding carboxylic acids is 1. The molecule has 29 heavy (non-hydrogen) atoms. The smallest absolute Gasteiger partial charge is 0.415 e. The number of para-hydroxylation sites is 1. The summed E-state index contributed by atoms with van der Waals surface area (Å²) >= 11 is 6.58. The first-order chi connectivity index (χ1) is 13.8. The summed E-state index contributed by atoms with van der Waals surface area (Å²) in [5.74, 6) is 0. The zero-order valence-electron chi connectivity index (χ0n) is 16.8. The Bertz CT molecular complexity index is 1090. The van der Waals surface area contributed by atoms with Crippen molar-refractivity contribution in [3.05, 3.63) is 70.4 Å². The second kappa shape index (κ2) is 7.32. The van der Waals surface area contributed by atoms with Crippen LogP contribution in [0.5, 0.6) is 0 Å². The van der Waals surface area contributed by atoms with E-state index < -0.39 is 11.7 Å². The highest BCUT2D eigenvalue weighted by atomic mass is 35.5. The summed E-state index contributed by atoms with van der Waals surface area (Å²) < 4.78 is 5.71. The van der Waals surface area contributed by atoms with E-state index in [1.54, 1.807) is 4.90 Å². The molecule has 1 amide bonds. The SMILES string of the molecule is CC(C)(C)OC(=O)N1c2ccc(CN)cc2CC1c1cc2ccccc2nc1Cl. The molecule has 1 aliphatic rings.